The zero-order chi connectivity index (χ0) is 17.0. The Balaban J connectivity index is 1.50. The molecule has 0 spiro atoms. The summed E-state index contributed by atoms with van der Waals surface area (Å²) in [6.07, 6.45) is 0.454. The van der Waals surface area contributed by atoms with Crippen LogP contribution in [0.25, 0.3) is 0 Å². The number of benzene rings is 2. The fourth-order valence-electron chi connectivity index (χ4n) is 2.12. The average Bonchev–Trinajstić information content (AvgIpc) is 2.64. The lowest BCUT2D eigenvalue weighted by Gasteiger charge is -2.09. The van der Waals surface area contributed by atoms with Crippen molar-refractivity contribution in [3.05, 3.63) is 60.2 Å². The summed E-state index contributed by atoms with van der Waals surface area (Å²) < 4.78 is 10.7. The largest absolute Gasteiger partial charge is 0.497 e. The molecule has 128 valence electrons. The van der Waals surface area contributed by atoms with Gasteiger partial charge in [0.15, 0.2) is 0 Å². The molecule has 1 amide bonds. The van der Waals surface area contributed by atoms with Crippen molar-refractivity contribution in [2.45, 2.75) is 13.0 Å². The Kier molecular flexibility index (Phi) is 7.63. The van der Waals surface area contributed by atoms with Gasteiger partial charge in [0.05, 0.1) is 7.11 Å². The highest BCUT2D eigenvalue weighted by Gasteiger charge is 2.01. The summed E-state index contributed by atoms with van der Waals surface area (Å²) in [6.45, 7) is 2.45. The van der Waals surface area contributed by atoms with Crippen LogP contribution in [0.2, 0.25) is 0 Å². The van der Waals surface area contributed by atoms with Crippen LogP contribution in [0, 0.1) is 0 Å². The Morgan fingerprint density at radius 1 is 0.958 bits per heavy atom. The molecule has 2 N–H and O–H groups in total. The van der Waals surface area contributed by atoms with Gasteiger partial charge in [-0.05, 0) is 29.8 Å². The van der Waals surface area contributed by atoms with Crippen molar-refractivity contribution >= 4 is 5.91 Å². The molecule has 2 aromatic rings. The molecule has 5 nitrogen and oxygen atoms in total. The molecule has 24 heavy (non-hydrogen) atoms. The van der Waals surface area contributed by atoms with Gasteiger partial charge in [0, 0.05) is 26.1 Å². The summed E-state index contributed by atoms with van der Waals surface area (Å²) in [6, 6.07) is 17.3. The molecule has 5 heteroatoms. The Hall–Kier alpha value is -2.53. The topological polar surface area (TPSA) is 59.6 Å². The third-order valence-electron chi connectivity index (χ3n) is 3.47. The van der Waals surface area contributed by atoms with Gasteiger partial charge in [-0.15, -0.1) is 0 Å². The molecule has 0 bridgehead atoms. The van der Waals surface area contributed by atoms with Gasteiger partial charge >= 0.3 is 0 Å². The first kappa shape index (κ1) is 17.8. The second-order valence-electron chi connectivity index (χ2n) is 5.29. The first-order chi connectivity index (χ1) is 11.8. The van der Waals surface area contributed by atoms with Crippen LogP contribution in [0.4, 0.5) is 0 Å². The molecule has 0 aliphatic rings. The lowest BCUT2D eigenvalue weighted by Crippen LogP contribution is -2.29. The van der Waals surface area contributed by atoms with Crippen molar-refractivity contribution in [2.75, 3.05) is 26.8 Å². The normalized spacial score (nSPS) is 10.2. The number of hydrogen-bond donors (Lipinski definition) is 2. The minimum absolute atomic E-state index is 0.0439. The quantitative estimate of drug-likeness (QED) is 0.658. The Morgan fingerprint density at radius 3 is 2.38 bits per heavy atom. The first-order valence-electron chi connectivity index (χ1n) is 8.06. The second kappa shape index (κ2) is 10.3. The smallest absolute Gasteiger partial charge is 0.221 e. The molecule has 0 aliphatic carbocycles. The number of rotatable bonds is 10. The predicted octanol–water partition coefficient (Wildman–Crippen LogP) is 2.37. The maximum atomic E-state index is 11.7. The summed E-state index contributed by atoms with van der Waals surface area (Å²) in [4.78, 5) is 11.7. The highest BCUT2D eigenvalue weighted by Crippen LogP contribution is 2.16. The molecule has 0 aliphatic heterocycles. The minimum atomic E-state index is 0.0439. The molecule has 0 aromatic heterocycles. The van der Waals surface area contributed by atoms with Crippen LogP contribution in [0.15, 0.2) is 54.6 Å². The number of ether oxygens (including phenoxy) is 2. The maximum Gasteiger partial charge on any atom is 0.221 e. The van der Waals surface area contributed by atoms with E-state index in [1.807, 2.05) is 54.6 Å². The zero-order valence-electron chi connectivity index (χ0n) is 14.0. The molecule has 0 saturated carbocycles. The lowest BCUT2D eigenvalue weighted by molar-refractivity contribution is -0.121. The van der Waals surface area contributed by atoms with E-state index in [0.717, 1.165) is 17.1 Å². The van der Waals surface area contributed by atoms with Crippen molar-refractivity contribution < 1.29 is 14.3 Å². The summed E-state index contributed by atoms with van der Waals surface area (Å²) in [5.41, 5.74) is 1.10. The van der Waals surface area contributed by atoms with Crippen molar-refractivity contribution in [3.63, 3.8) is 0 Å². The van der Waals surface area contributed by atoms with E-state index in [-0.39, 0.29) is 5.91 Å². The van der Waals surface area contributed by atoms with E-state index in [2.05, 4.69) is 10.6 Å². The Bertz CT molecular complexity index is 600. The molecule has 0 saturated heterocycles. The molecule has 0 unspecified atom stereocenters. The van der Waals surface area contributed by atoms with Crippen LogP contribution in [0.1, 0.15) is 12.0 Å². The summed E-state index contributed by atoms with van der Waals surface area (Å²) in [5.74, 6) is 1.66. The van der Waals surface area contributed by atoms with Crippen molar-refractivity contribution in [1.82, 2.24) is 10.6 Å². The standard InChI is InChI=1S/C19H24N2O3/c1-23-17-7-9-18(10-8-17)24-14-13-20-12-11-19(22)21-15-16-5-3-2-4-6-16/h2-10,20H,11-15H2,1H3,(H,21,22). The molecule has 0 radical (unpaired) electrons. The average molecular weight is 328 g/mol. The lowest BCUT2D eigenvalue weighted by atomic mass is 10.2. The molecule has 0 atom stereocenters. The van der Waals surface area contributed by atoms with Gasteiger partial charge in [-0.3, -0.25) is 4.79 Å². The van der Waals surface area contributed by atoms with Crippen LogP contribution >= 0.6 is 0 Å². The number of methoxy groups -OCH3 is 1. The van der Waals surface area contributed by atoms with E-state index >= 15 is 0 Å². The van der Waals surface area contributed by atoms with Gasteiger partial charge < -0.3 is 20.1 Å². The number of amides is 1. The van der Waals surface area contributed by atoms with Crippen molar-refractivity contribution in [2.24, 2.45) is 0 Å². The highest BCUT2D eigenvalue weighted by atomic mass is 16.5. The Labute approximate surface area is 143 Å². The highest BCUT2D eigenvalue weighted by molar-refractivity contribution is 5.76. The van der Waals surface area contributed by atoms with E-state index in [0.29, 0.717) is 32.7 Å². The van der Waals surface area contributed by atoms with Crippen molar-refractivity contribution in [1.29, 1.82) is 0 Å². The van der Waals surface area contributed by atoms with E-state index in [9.17, 15) is 4.79 Å². The van der Waals surface area contributed by atoms with Crippen LogP contribution < -0.4 is 20.1 Å². The van der Waals surface area contributed by atoms with Gasteiger partial charge in [0.1, 0.15) is 18.1 Å². The van der Waals surface area contributed by atoms with E-state index in [1.54, 1.807) is 7.11 Å². The van der Waals surface area contributed by atoms with Crippen LogP contribution in [-0.2, 0) is 11.3 Å². The third-order valence-corrected chi connectivity index (χ3v) is 3.47. The fourth-order valence-corrected chi connectivity index (χ4v) is 2.12. The molecular weight excluding hydrogens is 304 g/mol. The van der Waals surface area contributed by atoms with Crippen LogP contribution in [0.3, 0.4) is 0 Å². The van der Waals surface area contributed by atoms with E-state index in [1.165, 1.54) is 0 Å². The van der Waals surface area contributed by atoms with Crippen LogP contribution in [-0.4, -0.2) is 32.7 Å². The molecule has 0 heterocycles. The van der Waals surface area contributed by atoms with E-state index < -0.39 is 0 Å². The molecule has 2 rings (SSSR count). The molecule has 2 aromatic carbocycles. The van der Waals surface area contributed by atoms with Crippen LogP contribution in [0.5, 0.6) is 11.5 Å². The minimum Gasteiger partial charge on any atom is -0.497 e. The number of carbonyl (C=O) groups is 1. The summed E-state index contributed by atoms with van der Waals surface area (Å²) in [5, 5.41) is 6.10. The van der Waals surface area contributed by atoms with Gasteiger partial charge in [-0.2, -0.15) is 0 Å². The fraction of sp³-hybridized carbons (Fsp3) is 0.316. The van der Waals surface area contributed by atoms with E-state index in [4.69, 9.17) is 9.47 Å². The first-order valence-corrected chi connectivity index (χ1v) is 8.06. The number of hydrogen-bond acceptors (Lipinski definition) is 4. The monoisotopic (exact) mass is 328 g/mol. The number of carbonyl (C=O) groups excluding carboxylic acids is 1. The molecule has 0 fully saturated rings. The Morgan fingerprint density at radius 2 is 1.67 bits per heavy atom. The second-order valence-corrected chi connectivity index (χ2v) is 5.29. The van der Waals surface area contributed by atoms with Crippen molar-refractivity contribution in [3.8, 4) is 11.5 Å². The maximum absolute atomic E-state index is 11.7. The number of nitrogens with one attached hydrogen (secondary N) is 2. The molecular formula is C19H24N2O3. The zero-order valence-corrected chi connectivity index (χ0v) is 14.0. The van der Waals surface area contributed by atoms with Gasteiger partial charge in [-0.25, -0.2) is 0 Å². The van der Waals surface area contributed by atoms with Gasteiger partial charge in [0.2, 0.25) is 5.91 Å². The van der Waals surface area contributed by atoms with Gasteiger partial charge in [0.25, 0.3) is 0 Å². The van der Waals surface area contributed by atoms with Gasteiger partial charge in [-0.1, -0.05) is 30.3 Å². The predicted molar refractivity (Wildman–Crippen MR) is 94.3 cm³/mol. The summed E-state index contributed by atoms with van der Waals surface area (Å²) >= 11 is 0. The summed E-state index contributed by atoms with van der Waals surface area (Å²) in [7, 11) is 1.63. The third kappa shape index (κ3) is 6.71. The SMILES string of the molecule is COc1ccc(OCCNCCC(=O)NCc2ccccc2)cc1.